The van der Waals surface area contributed by atoms with Crippen molar-refractivity contribution in [1.82, 2.24) is 9.29 Å². The van der Waals surface area contributed by atoms with E-state index >= 15 is 0 Å². The van der Waals surface area contributed by atoms with Crippen LogP contribution in [-0.2, 0) is 15.8 Å². The number of hydrogen-bond donors (Lipinski definition) is 0. The van der Waals surface area contributed by atoms with Crippen LogP contribution in [0.5, 0.6) is 5.75 Å². The van der Waals surface area contributed by atoms with Gasteiger partial charge in [0.25, 0.3) is 11.0 Å². The third-order valence-electron chi connectivity index (χ3n) is 3.92. The maximum Gasteiger partial charge on any atom is 0.289 e. The summed E-state index contributed by atoms with van der Waals surface area (Å²) in [5.74, 6) is -1.67. The third kappa shape index (κ3) is 5.03. The van der Waals surface area contributed by atoms with Crippen molar-refractivity contribution in [3.63, 3.8) is 0 Å². The van der Waals surface area contributed by atoms with E-state index in [1.54, 1.807) is 24.3 Å². The normalized spacial score (nSPS) is 12.2. The molecule has 0 saturated carbocycles. The van der Waals surface area contributed by atoms with Gasteiger partial charge < -0.3 is 9.15 Å². The molecule has 2 aromatic carbocycles. The van der Waals surface area contributed by atoms with Gasteiger partial charge in [0, 0.05) is 19.8 Å². The predicted octanol–water partition coefficient (Wildman–Crippen LogP) is 4.69. The Labute approximate surface area is 175 Å². The van der Waals surface area contributed by atoms with Crippen molar-refractivity contribution in [3.8, 4) is 5.75 Å². The molecule has 0 unspecified atom stereocenters. The van der Waals surface area contributed by atoms with E-state index in [0.717, 1.165) is 9.87 Å². The zero-order chi connectivity index (χ0) is 21.2. The SMILES string of the molecule is COc1cc(CSc2nc3cc(S(=O)(=O)N(C)C)ccc3o2)ccc1SC(F)F. The van der Waals surface area contributed by atoms with E-state index in [-0.39, 0.29) is 4.90 Å². The monoisotopic (exact) mass is 460 g/mol. The minimum atomic E-state index is -3.56. The third-order valence-corrected chi connectivity index (χ3v) is 7.40. The van der Waals surface area contributed by atoms with Gasteiger partial charge in [0.15, 0.2) is 5.58 Å². The van der Waals surface area contributed by atoms with E-state index < -0.39 is 15.8 Å². The van der Waals surface area contributed by atoms with Crippen LogP contribution >= 0.6 is 23.5 Å². The number of fused-ring (bicyclic) bond motifs is 1. The quantitative estimate of drug-likeness (QED) is 0.452. The first-order valence-electron chi connectivity index (χ1n) is 8.28. The van der Waals surface area contributed by atoms with Crippen LogP contribution < -0.4 is 4.74 Å². The van der Waals surface area contributed by atoms with Crippen LogP contribution in [0.4, 0.5) is 8.78 Å². The lowest BCUT2D eigenvalue weighted by Gasteiger charge is -2.10. The molecule has 0 N–H and O–H groups in total. The molecule has 0 aliphatic rings. The lowest BCUT2D eigenvalue weighted by Crippen LogP contribution is -2.22. The first-order chi connectivity index (χ1) is 13.7. The number of benzene rings is 2. The summed E-state index contributed by atoms with van der Waals surface area (Å²) >= 11 is 1.74. The first kappa shape index (κ1) is 21.9. The van der Waals surface area contributed by atoms with Gasteiger partial charge in [-0.15, -0.1) is 0 Å². The second-order valence-electron chi connectivity index (χ2n) is 6.05. The Hall–Kier alpha value is -1.82. The van der Waals surface area contributed by atoms with Crippen LogP contribution in [0.15, 0.2) is 55.8 Å². The number of methoxy groups -OCH3 is 1. The fourth-order valence-electron chi connectivity index (χ4n) is 2.46. The summed E-state index contributed by atoms with van der Waals surface area (Å²) < 4.78 is 61.7. The lowest BCUT2D eigenvalue weighted by molar-refractivity contribution is 0.251. The molecule has 1 aromatic heterocycles. The largest absolute Gasteiger partial charge is 0.496 e. The maximum absolute atomic E-state index is 12.6. The molecule has 0 radical (unpaired) electrons. The molecule has 0 aliphatic heterocycles. The fraction of sp³-hybridized carbons (Fsp3) is 0.278. The summed E-state index contributed by atoms with van der Waals surface area (Å²) in [6, 6.07) is 9.55. The Kier molecular flexibility index (Phi) is 6.72. The highest BCUT2D eigenvalue weighted by Crippen LogP contribution is 2.35. The van der Waals surface area contributed by atoms with Crippen molar-refractivity contribution in [2.75, 3.05) is 21.2 Å². The highest BCUT2D eigenvalue weighted by molar-refractivity contribution is 7.99. The number of oxazole rings is 1. The Morgan fingerprint density at radius 2 is 1.97 bits per heavy atom. The zero-order valence-electron chi connectivity index (χ0n) is 15.8. The van der Waals surface area contributed by atoms with Gasteiger partial charge in [-0.3, -0.25) is 0 Å². The summed E-state index contributed by atoms with van der Waals surface area (Å²) in [5.41, 5.74) is 1.77. The smallest absolute Gasteiger partial charge is 0.289 e. The van der Waals surface area contributed by atoms with Crippen molar-refractivity contribution < 1.29 is 26.4 Å². The molecule has 0 fully saturated rings. The molecule has 0 bridgehead atoms. The van der Waals surface area contributed by atoms with Crippen molar-refractivity contribution in [2.45, 2.75) is 26.5 Å². The second-order valence-corrected chi connectivity index (χ2v) is 10.2. The molecule has 3 rings (SSSR count). The highest BCUT2D eigenvalue weighted by Gasteiger charge is 2.19. The number of hydrogen-bond acceptors (Lipinski definition) is 7. The van der Waals surface area contributed by atoms with Crippen LogP contribution in [0.1, 0.15) is 5.56 Å². The van der Waals surface area contributed by atoms with Gasteiger partial charge >= 0.3 is 0 Å². The van der Waals surface area contributed by atoms with Gasteiger partial charge in [-0.2, -0.15) is 8.78 Å². The molecule has 29 heavy (non-hydrogen) atoms. The van der Waals surface area contributed by atoms with E-state index in [1.807, 2.05) is 0 Å². The van der Waals surface area contributed by atoms with Gasteiger partial charge in [-0.1, -0.05) is 29.6 Å². The van der Waals surface area contributed by atoms with Gasteiger partial charge in [-0.25, -0.2) is 17.7 Å². The predicted molar refractivity (Wildman–Crippen MR) is 109 cm³/mol. The molecule has 1 heterocycles. The Morgan fingerprint density at radius 1 is 1.21 bits per heavy atom. The molecular weight excluding hydrogens is 442 g/mol. The van der Waals surface area contributed by atoms with Crippen molar-refractivity contribution >= 4 is 44.6 Å². The van der Waals surface area contributed by atoms with E-state index in [0.29, 0.717) is 44.5 Å². The van der Waals surface area contributed by atoms with E-state index in [4.69, 9.17) is 9.15 Å². The number of sulfonamides is 1. The molecule has 3 aromatic rings. The van der Waals surface area contributed by atoms with E-state index in [2.05, 4.69) is 4.98 Å². The molecular formula is C18H18F2N2O4S3. The Morgan fingerprint density at radius 3 is 2.62 bits per heavy atom. The van der Waals surface area contributed by atoms with Crippen LogP contribution in [0.25, 0.3) is 11.1 Å². The molecule has 0 aliphatic carbocycles. The average Bonchev–Trinajstić information content (AvgIpc) is 3.08. The van der Waals surface area contributed by atoms with Crippen LogP contribution in [0.2, 0.25) is 0 Å². The number of ether oxygens (including phenoxy) is 1. The van der Waals surface area contributed by atoms with E-state index in [9.17, 15) is 17.2 Å². The molecule has 0 spiro atoms. The number of thioether (sulfide) groups is 2. The topological polar surface area (TPSA) is 72.6 Å². The van der Waals surface area contributed by atoms with Crippen molar-refractivity contribution in [2.24, 2.45) is 0 Å². The minimum Gasteiger partial charge on any atom is -0.496 e. The van der Waals surface area contributed by atoms with E-state index in [1.165, 1.54) is 45.1 Å². The van der Waals surface area contributed by atoms with Crippen LogP contribution in [-0.4, -0.2) is 44.7 Å². The zero-order valence-corrected chi connectivity index (χ0v) is 18.2. The molecule has 6 nitrogen and oxygen atoms in total. The Balaban J connectivity index is 1.77. The summed E-state index contributed by atoms with van der Waals surface area (Å²) in [6.07, 6.45) is 0. The fourth-order valence-corrected chi connectivity index (χ4v) is 4.76. The highest BCUT2D eigenvalue weighted by atomic mass is 32.2. The standard InChI is InChI=1S/C18H18F2N2O4S3/c1-22(2)29(23,24)12-5-6-14-13(9-12)21-18(26-14)27-10-11-4-7-16(28-17(19)20)15(8-11)25-3/h4-9,17H,10H2,1-3H3. The summed E-state index contributed by atoms with van der Waals surface area (Å²) in [4.78, 5) is 4.84. The van der Waals surface area contributed by atoms with Gasteiger partial charge in [0.1, 0.15) is 11.3 Å². The van der Waals surface area contributed by atoms with Crippen molar-refractivity contribution in [1.29, 1.82) is 0 Å². The number of aromatic nitrogens is 1. The lowest BCUT2D eigenvalue weighted by atomic mass is 10.2. The van der Waals surface area contributed by atoms with Gasteiger partial charge in [0.05, 0.1) is 16.9 Å². The van der Waals surface area contributed by atoms with Crippen LogP contribution in [0.3, 0.4) is 0 Å². The molecule has 11 heteroatoms. The Bertz CT molecular complexity index is 1120. The summed E-state index contributed by atoms with van der Waals surface area (Å²) in [6.45, 7) is 0. The number of halogens is 2. The second kappa shape index (κ2) is 8.90. The summed E-state index contributed by atoms with van der Waals surface area (Å²) in [7, 11) is 0.796. The number of nitrogens with zero attached hydrogens (tertiary/aromatic N) is 2. The summed E-state index contributed by atoms with van der Waals surface area (Å²) in [5, 5.41) is 0.379. The number of rotatable bonds is 8. The number of alkyl halides is 2. The molecule has 0 amide bonds. The molecule has 156 valence electrons. The maximum atomic E-state index is 12.6. The molecule has 0 atom stereocenters. The van der Waals surface area contributed by atoms with Gasteiger partial charge in [0.2, 0.25) is 10.0 Å². The minimum absolute atomic E-state index is 0.136. The van der Waals surface area contributed by atoms with Crippen molar-refractivity contribution in [3.05, 3.63) is 42.0 Å². The van der Waals surface area contributed by atoms with Crippen LogP contribution in [0, 0.1) is 0 Å². The average molecular weight is 461 g/mol. The van der Waals surface area contributed by atoms with Gasteiger partial charge in [-0.05, 0) is 35.9 Å². The first-order valence-corrected chi connectivity index (χ1v) is 11.6. The molecule has 0 saturated heterocycles.